The Bertz CT molecular complexity index is 201. The molecule has 0 aliphatic rings. The molecule has 1 nitrogen and oxygen atoms in total. The summed E-state index contributed by atoms with van der Waals surface area (Å²) in [5.41, 5.74) is -1.22. The molecule has 0 aromatic rings. The van der Waals surface area contributed by atoms with Gasteiger partial charge < -0.3 is 5.11 Å². The fourth-order valence-electron chi connectivity index (χ4n) is 0.526. The second kappa shape index (κ2) is 4.83. The summed E-state index contributed by atoms with van der Waals surface area (Å²) in [7, 11) is 0. The van der Waals surface area contributed by atoms with E-state index in [2.05, 4.69) is 17.8 Å². The minimum absolute atomic E-state index is 0.472. The van der Waals surface area contributed by atoms with Crippen molar-refractivity contribution in [2.75, 3.05) is 0 Å². The highest BCUT2D eigenvalue weighted by Crippen LogP contribution is 2.05. The summed E-state index contributed by atoms with van der Waals surface area (Å²) in [6.45, 7) is 3.72. The number of hydrogen-bond donors (Lipinski definition) is 1. The molecule has 0 amide bonds. The molecule has 0 aliphatic carbocycles. The molecular formula is C10H13O. The minimum atomic E-state index is -1.22. The Morgan fingerprint density at radius 1 is 1.64 bits per heavy atom. The average Bonchev–Trinajstić information content (AvgIpc) is 2.05. The van der Waals surface area contributed by atoms with Crippen molar-refractivity contribution < 1.29 is 5.11 Å². The van der Waals surface area contributed by atoms with Crippen LogP contribution in [0.15, 0.2) is 0 Å². The molecule has 11 heavy (non-hydrogen) atoms. The van der Waals surface area contributed by atoms with E-state index in [1.807, 2.05) is 20.3 Å². The zero-order chi connectivity index (χ0) is 8.74. The van der Waals surface area contributed by atoms with Crippen molar-refractivity contribution in [2.45, 2.75) is 32.3 Å². The Kier molecular flexibility index (Phi) is 4.42. The van der Waals surface area contributed by atoms with Gasteiger partial charge in [-0.1, -0.05) is 31.6 Å². The smallest absolute Gasteiger partial charge is 0.186 e. The maximum absolute atomic E-state index is 9.43. The molecule has 0 bridgehead atoms. The quantitative estimate of drug-likeness (QED) is 0.588. The van der Waals surface area contributed by atoms with E-state index in [1.165, 1.54) is 0 Å². The lowest BCUT2D eigenvalue weighted by Crippen LogP contribution is -2.22. The first-order chi connectivity index (χ1) is 5.18. The van der Waals surface area contributed by atoms with Crippen molar-refractivity contribution in [2.24, 2.45) is 0 Å². The maximum Gasteiger partial charge on any atom is 0.186 e. The maximum atomic E-state index is 9.43. The van der Waals surface area contributed by atoms with Crippen molar-refractivity contribution in [1.29, 1.82) is 0 Å². The van der Waals surface area contributed by atoms with Gasteiger partial charge >= 0.3 is 0 Å². The molecule has 0 aromatic carbocycles. The Morgan fingerprint density at radius 3 is 2.64 bits per heavy atom. The van der Waals surface area contributed by atoms with Crippen LogP contribution in [0.4, 0.5) is 0 Å². The van der Waals surface area contributed by atoms with Gasteiger partial charge in [0.15, 0.2) is 5.60 Å². The van der Waals surface area contributed by atoms with Crippen LogP contribution in [0.3, 0.4) is 0 Å². The predicted molar refractivity (Wildman–Crippen MR) is 46.4 cm³/mol. The van der Waals surface area contributed by atoms with Crippen molar-refractivity contribution in [3.8, 4) is 24.2 Å². The van der Waals surface area contributed by atoms with Gasteiger partial charge in [-0.25, -0.2) is 0 Å². The summed E-state index contributed by atoms with van der Waals surface area (Å²) in [4.78, 5) is 0. The first-order valence-electron chi connectivity index (χ1n) is 3.66. The molecule has 1 unspecified atom stereocenters. The van der Waals surface area contributed by atoms with Crippen molar-refractivity contribution >= 4 is 0 Å². The van der Waals surface area contributed by atoms with Crippen LogP contribution in [0.5, 0.6) is 0 Å². The average molecular weight is 149 g/mol. The molecular weight excluding hydrogens is 136 g/mol. The third kappa shape index (κ3) is 3.71. The number of hydrogen-bond acceptors (Lipinski definition) is 1. The van der Waals surface area contributed by atoms with Crippen LogP contribution in [-0.2, 0) is 0 Å². The Morgan fingerprint density at radius 2 is 2.27 bits per heavy atom. The molecule has 0 aromatic heterocycles. The van der Waals surface area contributed by atoms with Crippen molar-refractivity contribution in [3.05, 3.63) is 6.42 Å². The van der Waals surface area contributed by atoms with E-state index in [-0.39, 0.29) is 0 Å². The standard InChI is InChI=1S/C10H13O/c1-4-7-8-9-10(11,5-2)6-3/h2,4,11H,6-7H2,1,3H3. The molecule has 1 heteroatoms. The van der Waals surface area contributed by atoms with Crippen LogP contribution in [0.25, 0.3) is 0 Å². The monoisotopic (exact) mass is 149 g/mol. The highest BCUT2D eigenvalue weighted by atomic mass is 16.3. The van der Waals surface area contributed by atoms with E-state index in [4.69, 9.17) is 6.42 Å². The molecule has 1 N–H and O–H groups in total. The molecule has 0 saturated heterocycles. The summed E-state index contributed by atoms with van der Waals surface area (Å²) in [5.74, 6) is 7.67. The molecule has 0 heterocycles. The van der Waals surface area contributed by atoms with Gasteiger partial charge in [0.2, 0.25) is 0 Å². The van der Waals surface area contributed by atoms with Crippen LogP contribution < -0.4 is 0 Å². The molecule has 0 rings (SSSR count). The lowest BCUT2D eigenvalue weighted by atomic mass is 10.0. The van der Waals surface area contributed by atoms with Gasteiger partial charge in [-0.3, -0.25) is 0 Å². The molecule has 0 fully saturated rings. The lowest BCUT2D eigenvalue weighted by molar-refractivity contribution is 0.159. The second-order valence-electron chi connectivity index (χ2n) is 2.27. The van der Waals surface area contributed by atoms with E-state index in [0.29, 0.717) is 12.8 Å². The highest BCUT2D eigenvalue weighted by Gasteiger charge is 2.16. The predicted octanol–water partition coefficient (Wildman–Crippen LogP) is 1.38. The van der Waals surface area contributed by atoms with Crippen LogP contribution >= 0.6 is 0 Å². The molecule has 1 atom stereocenters. The fraction of sp³-hybridized carbons (Fsp3) is 0.500. The highest BCUT2D eigenvalue weighted by molar-refractivity contribution is 5.26. The van der Waals surface area contributed by atoms with Gasteiger partial charge in [0.25, 0.3) is 0 Å². The van der Waals surface area contributed by atoms with Crippen LogP contribution in [0, 0.1) is 30.6 Å². The Balaban J connectivity index is 4.13. The fourth-order valence-corrected chi connectivity index (χ4v) is 0.526. The van der Waals surface area contributed by atoms with E-state index in [9.17, 15) is 5.11 Å². The first-order valence-corrected chi connectivity index (χ1v) is 3.66. The van der Waals surface area contributed by atoms with Crippen molar-refractivity contribution in [3.63, 3.8) is 0 Å². The Hall–Kier alpha value is -0.920. The van der Waals surface area contributed by atoms with Crippen LogP contribution in [0.2, 0.25) is 0 Å². The van der Waals surface area contributed by atoms with E-state index in [0.717, 1.165) is 0 Å². The number of rotatable bonds is 2. The molecule has 0 aliphatic heterocycles. The molecule has 0 saturated carbocycles. The summed E-state index contributed by atoms with van der Waals surface area (Å²) in [5, 5.41) is 9.43. The van der Waals surface area contributed by atoms with E-state index < -0.39 is 5.60 Å². The van der Waals surface area contributed by atoms with Crippen molar-refractivity contribution in [1.82, 2.24) is 0 Å². The van der Waals surface area contributed by atoms with Crippen LogP contribution in [-0.4, -0.2) is 10.7 Å². The summed E-state index contributed by atoms with van der Waals surface area (Å²) in [6, 6.07) is 0. The van der Waals surface area contributed by atoms with Gasteiger partial charge in [-0.05, 0) is 12.8 Å². The van der Waals surface area contributed by atoms with E-state index in [1.54, 1.807) is 0 Å². The zero-order valence-corrected chi connectivity index (χ0v) is 7.02. The zero-order valence-electron chi connectivity index (χ0n) is 7.02. The second-order valence-corrected chi connectivity index (χ2v) is 2.27. The van der Waals surface area contributed by atoms with Gasteiger partial charge in [-0.15, -0.1) is 6.42 Å². The molecule has 1 radical (unpaired) electrons. The van der Waals surface area contributed by atoms with Gasteiger partial charge in [0.1, 0.15) is 0 Å². The molecule has 59 valence electrons. The lowest BCUT2D eigenvalue weighted by Gasteiger charge is -2.10. The van der Waals surface area contributed by atoms with Gasteiger partial charge in [0, 0.05) is 6.42 Å². The summed E-state index contributed by atoms with van der Waals surface area (Å²) < 4.78 is 0. The number of aliphatic hydroxyl groups is 1. The largest absolute Gasteiger partial charge is 0.367 e. The van der Waals surface area contributed by atoms with Gasteiger partial charge in [0.05, 0.1) is 0 Å². The summed E-state index contributed by atoms with van der Waals surface area (Å²) >= 11 is 0. The van der Waals surface area contributed by atoms with Gasteiger partial charge in [-0.2, -0.15) is 0 Å². The number of unbranched alkanes of at least 4 members (excludes halogenated alkanes) is 1. The Labute approximate surface area is 68.8 Å². The third-order valence-corrected chi connectivity index (χ3v) is 1.35. The minimum Gasteiger partial charge on any atom is -0.367 e. The first kappa shape index (κ1) is 10.1. The van der Waals surface area contributed by atoms with E-state index >= 15 is 0 Å². The normalized spacial score (nSPS) is 14.0. The topological polar surface area (TPSA) is 20.2 Å². The number of terminal acetylenes is 1. The molecule has 0 spiro atoms. The SMILES string of the molecule is C#CC(O)(C#CC[CH]C)CC. The van der Waals surface area contributed by atoms with Crippen LogP contribution in [0.1, 0.15) is 26.7 Å². The summed E-state index contributed by atoms with van der Waals surface area (Å²) in [6.07, 6.45) is 8.15. The third-order valence-electron chi connectivity index (χ3n) is 1.35.